The Kier molecular flexibility index (Phi) is 3.76. The van der Waals surface area contributed by atoms with Gasteiger partial charge < -0.3 is 4.90 Å². The molecule has 1 unspecified atom stereocenters. The second-order valence-electron chi connectivity index (χ2n) is 6.14. The number of aryl methyl sites for hydroxylation is 3. The van der Waals surface area contributed by atoms with Crippen molar-refractivity contribution >= 4 is 5.91 Å². The van der Waals surface area contributed by atoms with Gasteiger partial charge >= 0.3 is 0 Å². The van der Waals surface area contributed by atoms with Crippen molar-refractivity contribution in [3.8, 4) is 0 Å². The van der Waals surface area contributed by atoms with Gasteiger partial charge in [0.2, 0.25) is 5.91 Å². The smallest absolute Gasteiger partial charge is 0.227 e. The third-order valence-electron chi connectivity index (χ3n) is 4.67. The van der Waals surface area contributed by atoms with Gasteiger partial charge in [-0.3, -0.25) is 14.2 Å². The normalized spacial score (nSPS) is 18.2. The van der Waals surface area contributed by atoms with E-state index in [0.29, 0.717) is 6.42 Å². The van der Waals surface area contributed by atoms with E-state index in [1.165, 1.54) is 0 Å². The van der Waals surface area contributed by atoms with Crippen LogP contribution in [0.4, 0.5) is 0 Å². The minimum Gasteiger partial charge on any atom is -0.335 e. The lowest BCUT2D eigenvalue weighted by Crippen LogP contribution is -2.32. The lowest BCUT2D eigenvalue weighted by molar-refractivity contribution is -0.131. The molecule has 0 aromatic carbocycles. The minimum absolute atomic E-state index is 0.165. The first-order chi connectivity index (χ1) is 10.5. The first kappa shape index (κ1) is 14.8. The highest BCUT2D eigenvalue weighted by Crippen LogP contribution is 2.32. The number of aromatic nitrogens is 4. The quantitative estimate of drug-likeness (QED) is 0.866. The van der Waals surface area contributed by atoms with Crippen molar-refractivity contribution < 1.29 is 4.79 Å². The van der Waals surface area contributed by atoms with Gasteiger partial charge in [0.25, 0.3) is 0 Å². The van der Waals surface area contributed by atoms with Crippen molar-refractivity contribution in [2.24, 2.45) is 14.1 Å². The molecule has 0 bridgehead atoms. The van der Waals surface area contributed by atoms with Gasteiger partial charge in [0, 0.05) is 43.7 Å². The summed E-state index contributed by atoms with van der Waals surface area (Å²) in [4.78, 5) is 14.8. The summed E-state index contributed by atoms with van der Waals surface area (Å²) in [7, 11) is 3.83. The Morgan fingerprint density at radius 1 is 1.36 bits per heavy atom. The molecule has 1 amide bonds. The second kappa shape index (κ2) is 5.59. The average molecular weight is 301 g/mol. The third-order valence-corrected chi connectivity index (χ3v) is 4.67. The maximum Gasteiger partial charge on any atom is 0.227 e. The van der Waals surface area contributed by atoms with Crippen LogP contribution in [0.25, 0.3) is 0 Å². The van der Waals surface area contributed by atoms with Crippen LogP contribution >= 0.6 is 0 Å². The van der Waals surface area contributed by atoms with Gasteiger partial charge in [-0.25, -0.2) is 0 Å². The molecule has 0 spiro atoms. The zero-order valence-corrected chi connectivity index (χ0v) is 13.7. The molecule has 3 rings (SSSR count). The Hall–Kier alpha value is -2.11. The number of nitrogens with zero attached hydrogens (tertiary/aromatic N) is 5. The van der Waals surface area contributed by atoms with E-state index in [2.05, 4.69) is 10.2 Å². The number of carbonyl (C=O) groups excluding carboxylic acids is 1. The van der Waals surface area contributed by atoms with Gasteiger partial charge in [0.05, 0.1) is 24.4 Å². The van der Waals surface area contributed by atoms with Crippen molar-refractivity contribution in [1.29, 1.82) is 0 Å². The number of amides is 1. The molecule has 1 atom stereocenters. The number of hydrogen-bond donors (Lipinski definition) is 0. The van der Waals surface area contributed by atoms with Crippen LogP contribution in [0, 0.1) is 13.8 Å². The molecule has 0 radical (unpaired) electrons. The molecule has 2 aromatic heterocycles. The SMILES string of the molecule is Cc1nn(C)c(C)c1CC(=O)N1CCCC1c1cnn(C)c1. The zero-order valence-electron chi connectivity index (χ0n) is 13.7. The van der Waals surface area contributed by atoms with Crippen molar-refractivity contribution in [3.63, 3.8) is 0 Å². The average Bonchev–Trinajstić information content (AvgIpc) is 3.15. The van der Waals surface area contributed by atoms with Crippen molar-refractivity contribution in [2.75, 3.05) is 6.54 Å². The molecule has 1 aliphatic heterocycles. The summed E-state index contributed by atoms with van der Waals surface area (Å²) in [5.41, 5.74) is 4.21. The van der Waals surface area contributed by atoms with E-state index in [0.717, 1.165) is 41.9 Å². The van der Waals surface area contributed by atoms with E-state index in [4.69, 9.17) is 0 Å². The van der Waals surface area contributed by atoms with Crippen molar-refractivity contribution in [3.05, 3.63) is 34.9 Å². The van der Waals surface area contributed by atoms with E-state index in [1.807, 2.05) is 49.9 Å². The molecule has 6 heteroatoms. The van der Waals surface area contributed by atoms with Gasteiger partial charge in [0.15, 0.2) is 0 Å². The lowest BCUT2D eigenvalue weighted by Gasteiger charge is -2.24. The topological polar surface area (TPSA) is 56.0 Å². The highest BCUT2D eigenvalue weighted by molar-refractivity contribution is 5.80. The second-order valence-corrected chi connectivity index (χ2v) is 6.14. The highest BCUT2D eigenvalue weighted by atomic mass is 16.2. The van der Waals surface area contributed by atoms with E-state index < -0.39 is 0 Å². The summed E-state index contributed by atoms with van der Waals surface area (Å²) in [6, 6.07) is 0.165. The zero-order chi connectivity index (χ0) is 15.9. The molecule has 3 heterocycles. The van der Waals surface area contributed by atoms with Crippen LogP contribution in [0.2, 0.25) is 0 Å². The van der Waals surface area contributed by atoms with Crippen molar-refractivity contribution in [1.82, 2.24) is 24.5 Å². The van der Waals surface area contributed by atoms with Crippen LogP contribution in [-0.2, 0) is 25.3 Å². The summed E-state index contributed by atoms with van der Waals surface area (Å²) >= 11 is 0. The molecule has 2 aromatic rings. The molecule has 22 heavy (non-hydrogen) atoms. The maximum atomic E-state index is 12.8. The molecular weight excluding hydrogens is 278 g/mol. The van der Waals surface area contributed by atoms with Crippen LogP contribution in [0.5, 0.6) is 0 Å². The highest BCUT2D eigenvalue weighted by Gasteiger charge is 2.31. The predicted molar refractivity (Wildman–Crippen MR) is 83.3 cm³/mol. The summed E-state index contributed by atoms with van der Waals surface area (Å²) in [5, 5.41) is 8.64. The van der Waals surface area contributed by atoms with Crippen LogP contribution in [0.15, 0.2) is 12.4 Å². The summed E-state index contributed by atoms with van der Waals surface area (Å²) in [5.74, 6) is 0.186. The molecule has 0 aliphatic carbocycles. The number of hydrogen-bond acceptors (Lipinski definition) is 3. The molecule has 6 nitrogen and oxygen atoms in total. The largest absolute Gasteiger partial charge is 0.335 e. The molecule has 118 valence electrons. The van der Waals surface area contributed by atoms with Crippen LogP contribution in [0.1, 0.15) is 41.4 Å². The standard InChI is InChI=1S/C16H23N5O/c1-11-14(12(2)20(4)18-11)8-16(22)21-7-5-6-15(21)13-9-17-19(3)10-13/h9-10,15H,5-8H2,1-4H3. The van der Waals surface area contributed by atoms with Gasteiger partial charge in [-0.1, -0.05) is 0 Å². The number of rotatable bonds is 3. The molecule has 1 fully saturated rings. The predicted octanol–water partition coefficient (Wildman–Crippen LogP) is 1.68. The van der Waals surface area contributed by atoms with Gasteiger partial charge in [-0.2, -0.15) is 10.2 Å². The van der Waals surface area contributed by atoms with Crippen LogP contribution in [-0.4, -0.2) is 36.9 Å². The maximum absolute atomic E-state index is 12.8. The first-order valence-electron chi connectivity index (χ1n) is 7.74. The van der Waals surface area contributed by atoms with Gasteiger partial charge in [0.1, 0.15) is 0 Å². The molecule has 1 saturated heterocycles. The molecule has 1 aliphatic rings. The Bertz CT molecular complexity index is 699. The Labute approximate surface area is 130 Å². The van der Waals surface area contributed by atoms with Crippen LogP contribution < -0.4 is 0 Å². The summed E-state index contributed by atoms with van der Waals surface area (Å²) in [6.45, 7) is 4.82. The van der Waals surface area contributed by atoms with E-state index >= 15 is 0 Å². The Morgan fingerprint density at radius 2 is 2.14 bits per heavy atom. The van der Waals surface area contributed by atoms with E-state index in [9.17, 15) is 4.79 Å². The molecular formula is C16H23N5O. The Morgan fingerprint density at radius 3 is 2.73 bits per heavy atom. The fourth-order valence-corrected chi connectivity index (χ4v) is 3.35. The number of likely N-dealkylation sites (tertiary alicyclic amines) is 1. The minimum atomic E-state index is 0.165. The van der Waals surface area contributed by atoms with Crippen molar-refractivity contribution in [2.45, 2.75) is 39.2 Å². The molecule has 0 N–H and O–H groups in total. The molecule has 0 saturated carbocycles. The summed E-state index contributed by atoms with van der Waals surface area (Å²) in [6.07, 6.45) is 6.38. The van der Waals surface area contributed by atoms with Gasteiger partial charge in [-0.05, 0) is 26.7 Å². The summed E-state index contributed by atoms with van der Waals surface area (Å²) < 4.78 is 3.65. The van der Waals surface area contributed by atoms with E-state index in [-0.39, 0.29) is 11.9 Å². The monoisotopic (exact) mass is 301 g/mol. The van der Waals surface area contributed by atoms with E-state index in [1.54, 1.807) is 4.68 Å². The fourth-order valence-electron chi connectivity index (χ4n) is 3.35. The van der Waals surface area contributed by atoms with Gasteiger partial charge in [-0.15, -0.1) is 0 Å². The van der Waals surface area contributed by atoms with Crippen LogP contribution in [0.3, 0.4) is 0 Å². The third kappa shape index (κ3) is 2.53. The first-order valence-corrected chi connectivity index (χ1v) is 7.74. The number of carbonyl (C=O) groups is 1. The lowest BCUT2D eigenvalue weighted by atomic mass is 10.1. The Balaban J connectivity index is 1.79. The fraction of sp³-hybridized carbons (Fsp3) is 0.562.